The third-order valence-electron chi connectivity index (χ3n) is 3.53. The van der Waals surface area contributed by atoms with E-state index in [9.17, 15) is 0 Å². The van der Waals surface area contributed by atoms with Gasteiger partial charge in [0.15, 0.2) is 0 Å². The second-order valence-electron chi connectivity index (χ2n) is 5.22. The zero-order chi connectivity index (χ0) is 15.2. The second-order valence-corrected chi connectivity index (χ2v) is 5.63. The van der Waals surface area contributed by atoms with Crippen LogP contribution in [0.2, 0.25) is 5.02 Å². The van der Waals surface area contributed by atoms with E-state index in [0.717, 1.165) is 48.2 Å². The van der Waals surface area contributed by atoms with Gasteiger partial charge in [0.2, 0.25) is 0 Å². The van der Waals surface area contributed by atoms with Crippen molar-refractivity contribution in [2.75, 3.05) is 18.5 Å². The summed E-state index contributed by atoms with van der Waals surface area (Å²) < 4.78 is 2.04. The minimum atomic E-state index is 0.755. The number of aromatic nitrogens is 2. The number of nitrogens with one attached hydrogen (secondary N) is 1. The molecule has 2 aromatic rings. The summed E-state index contributed by atoms with van der Waals surface area (Å²) >= 11 is 6.38. The molecule has 0 fully saturated rings. The summed E-state index contributed by atoms with van der Waals surface area (Å²) in [4.78, 5) is 6.57. The van der Waals surface area contributed by atoms with Crippen molar-refractivity contribution in [3.05, 3.63) is 47.0 Å². The van der Waals surface area contributed by atoms with E-state index < -0.39 is 0 Å². The number of hydrogen-bond acceptors (Lipinski definition) is 3. The highest BCUT2D eigenvalue weighted by atomic mass is 35.5. The predicted octanol–water partition coefficient (Wildman–Crippen LogP) is 3.21. The van der Waals surface area contributed by atoms with Gasteiger partial charge in [-0.05, 0) is 25.1 Å². The maximum Gasteiger partial charge on any atom is 0.127 e. The third-order valence-corrected chi connectivity index (χ3v) is 3.89. The van der Waals surface area contributed by atoms with Gasteiger partial charge in [-0.2, -0.15) is 0 Å². The monoisotopic (exact) mass is 306 g/mol. The highest BCUT2D eigenvalue weighted by Crippen LogP contribution is 2.27. The van der Waals surface area contributed by atoms with Crippen molar-refractivity contribution < 1.29 is 0 Å². The first-order valence-electron chi connectivity index (χ1n) is 7.29. The van der Waals surface area contributed by atoms with E-state index >= 15 is 0 Å². The van der Waals surface area contributed by atoms with Crippen molar-refractivity contribution in [3.63, 3.8) is 0 Å². The molecular weight excluding hydrogens is 284 g/mol. The van der Waals surface area contributed by atoms with Crippen LogP contribution < -0.4 is 10.2 Å². The Labute approximate surface area is 131 Å². The first kappa shape index (κ1) is 15.9. The van der Waals surface area contributed by atoms with Crippen LogP contribution in [0.3, 0.4) is 0 Å². The topological polar surface area (TPSA) is 33.1 Å². The number of rotatable bonds is 7. The van der Waals surface area contributed by atoms with E-state index in [0.29, 0.717) is 0 Å². The van der Waals surface area contributed by atoms with Gasteiger partial charge < -0.3 is 14.8 Å². The summed E-state index contributed by atoms with van der Waals surface area (Å²) in [6.45, 7) is 4.69. The van der Waals surface area contributed by atoms with Gasteiger partial charge in [-0.25, -0.2) is 4.98 Å². The summed E-state index contributed by atoms with van der Waals surface area (Å²) in [7, 11) is 4.08. The number of anilines is 1. The molecule has 0 aliphatic carbocycles. The van der Waals surface area contributed by atoms with E-state index in [2.05, 4.69) is 35.2 Å². The quantitative estimate of drug-likeness (QED) is 0.797. The summed E-state index contributed by atoms with van der Waals surface area (Å²) in [5.41, 5.74) is 2.29. The molecule has 0 aliphatic heterocycles. The van der Waals surface area contributed by atoms with Crippen molar-refractivity contribution in [3.8, 4) is 0 Å². The highest BCUT2D eigenvalue weighted by molar-refractivity contribution is 6.31. The summed E-state index contributed by atoms with van der Waals surface area (Å²) in [6.07, 6.45) is 4.90. The standard InChI is InChI=1S/C16H23ClN4/c1-4-8-18-11-13-14(17)6-5-7-15(13)21(3)12-16-19-9-10-20(16)2/h5-7,9-10,18H,4,8,11-12H2,1-3H3. The normalized spacial score (nSPS) is 10.9. The first-order chi connectivity index (χ1) is 10.1. The molecule has 0 unspecified atom stereocenters. The van der Waals surface area contributed by atoms with Crippen LogP contribution in [0.4, 0.5) is 5.69 Å². The average molecular weight is 307 g/mol. The molecule has 1 heterocycles. The molecule has 1 N–H and O–H groups in total. The Morgan fingerprint density at radius 2 is 2.19 bits per heavy atom. The zero-order valence-corrected chi connectivity index (χ0v) is 13.7. The van der Waals surface area contributed by atoms with Crippen molar-refractivity contribution >= 4 is 17.3 Å². The van der Waals surface area contributed by atoms with Crippen LogP contribution in [0.5, 0.6) is 0 Å². The van der Waals surface area contributed by atoms with Crippen molar-refractivity contribution in [1.29, 1.82) is 0 Å². The molecule has 0 saturated carbocycles. The Hall–Kier alpha value is -1.52. The number of hydrogen-bond donors (Lipinski definition) is 1. The summed E-state index contributed by atoms with van der Waals surface area (Å²) in [5.74, 6) is 1.03. The van der Waals surface area contributed by atoms with Gasteiger partial charge in [0.05, 0.1) is 6.54 Å². The minimum Gasteiger partial charge on any atom is -0.367 e. The smallest absolute Gasteiger partial charge is 0.127 e. The third kappa shape index (κ3) is 3.99. The van der Waals surface area contributed by atoms with Crippen LogP contribution in [0.25, 0.3) is 0 Å². The summed E-state index contributed by atoms with van der Waals surface area (Å²) in [5, 5.41) is 4.23. The van der Waals surface area contributed by atoms with Crippen LogP contribution in [-0.4, -0.2) is 23.1 Å². The molecule has 0 bridgehead atoms. The van der Waals surface area contributed by atoms with E-state index in [1.165, 1.54) is 0 Å². The van der Waals surface area contributed by atoms with Crippen LogP contribution in [0.15, 0.2) is 30.6 Å². The van der Waals surface area contributed by atoms with Gasteiger partial charge in [-0.15, -0.1) is 0 Å². The molecule has 1 aromatic heterocycles. The van der Waals surface area contributed by atoms with Gasteiger partial charge in [0.25, 0.3) is 0 Å². The number of nitrogens with zero attached hydrogens (tertiary/aromatic N) is 3. The Morgan fingerprint density at radius 3 is 2.86 bits per heavy atom. The fraction of sp³-hybridized carbons (Fsp3) is 0.438. The largest absolute Gasteiger partial charge is 0.367 e. The molecule has 5 heteroatoms. The lowest BCUT2D eigenvalue weighted by Gasteiger charge is -2.23. The van der Waals surface area contributed by atoms with E-state index in [1.807, 2.05) is 36.1 Å². The number of benzene rings is 1. The van der Waals surface area contributed by atoms with Gasteiger partial charge in [0, 0.05) is 49.3 Å². The molecule has 21 heavy (non-hydrogen) atoms. The molecule has 1 aromatic carbocycles. The van der Waals surface area contributed by atoms with E-state index in [4.69, 9.17) is 11.6 Å². The molecule has 0 aliphatic rings. The van der Waals surface area contributed by atoms with Crippen molar-refractivity contribution in [2.45, 2.75) is 26.4 Å². The lowest BCUT2D eigenvalue weighted by molar-refractivity contribution is 0.672. The average Bonchev–Trinajstić information content (AvgIpc) is 2.86. The van der Waals surface area contributed by atoms with Crippen LogP contribution >= 0.6 is 11.6 Å². The molecule has 0 amide bonds. The van der Waals surface area contributed by atoms with E-state index in [1.54, 1.807) is 0 Å². The van der Waals surface area contributed by atoms with E-state index in [-0.39, 0.29) is 0 Å². The predicted molar refractivity (Wildman–Crippen MR) is 88.8 cm³/mol. The molecule has 0 spiro atoms. The Bertz CT molecular complexity index is 579. The SMILES string of the molecule is CCCNCc1c(Cl)cccc1N(C)Cc1nccn1C. The summed E-state index contributed by atoms with van der Waals surface area (Å²) in [6, 6.07) is 6.05. The molecule has 0 radical (unpaired) electrons. The molecule has 4 nitrogen and oxygen atoms in total. The fourth-order valence-corrected chi connectivity index (χ4v) is 2.55. The zero-order valence-electron chi connectivity index (χ0n) is 12.9. The molecular formula is C16H23ClN4. The van der Waals surface area contributed by atoms with Gasteiger partial charge in [-0.3, -0.25) is 0 Å². The molecule has 2 rings (SSSR count). The minimum absolute atomic E-state index is 0.755. The molecule has 0 atom stereocenters. The maximum absolute atomic E-state index is 6.38. The first-order valence-corrected chi connectivity index (χ1v) is 7.66. The second kappa shape index (κ2) is 7.48. The molecule has 114 valence electrons. The lowest BCUT2D eigenvalue weighted by atomic mass is 10.1. The van der Waals surface area contributed by atoms with Crippen LogP contribution in [-0.2, 0) is 20.1 Å². The van der Waals surface area contributed by atoms with Gasteiger partial charge in [-0.1, -0.05) is 24.6 Å². The lowest BCUT2D eigenvalue weighted by Crippen LogP contribution is -2.22. The Morgan fingerprint density at radius 1 is 1.38 bits per heavy atom. The number of halogens is 1. The van der Waals surface area contributed by atoms with Gasteiger partial charge >= 0.3 is 0 Å². The highest BCUT2D eigenvalue weighted by Gasteiger charge is 2.12. The van der Waals surface area contributed by atoms with Crippen molar-refractivity contribution in [1.82, 2.24) is 14.9 Å². The Balaban J connectivity index is 2.17. The van der Waals surface area contributed by atoms with Crippen LogP contribution in [0, 0.1) is 0 Å². The fourth-order valence-electron chi connectivity index (χ4n) is 2.32. The maximum atomic E-state index is 6.38. The Kier molecular flexibility index (Phi) is 5.65. The number of imidazole rings is 1. The van der Waals surface area contributed by atoms with Crippen LogP contribution in [0.1, 0.15) is 24.7 Å². The van der Waals surface area contributed by atoms with Crippen molar-refractivity contribution in [2.24, 2.45) is 7.05 Å². The van der Waals surface area contributed by atoms with Gasteiger partial charge in [0.1, 0.15) is 5.82 Å². The number of aryl methyl sites for hydroxylation is 1. The molecule has 0 saturated heterocycles.